The number of piperidine rings is 2. The summed E-state index contributed by atoms with van der Waals surface area (Å²) in [6.45, 7) is 9.34. The number of nitrogens with two attached hydrogens (primary N) is 1. The van der Waals surface area contributed by atoms with Gasteiger partial charge in [-0.15, -0.1) is 0 Å². The van der Waals surface area contributed by atoms with E-state index in [0.717, 1.165) is 51.9 Å². The van der Waals surface area contributed by atoms with Crippen LogP contribution >= 0.6 is 0 Å². The van der Waals surface area contributed by atoms with Crippen LogP contribution in [0.15, 0.2) is 0 Å². The van der Waals surface area contributed by atoms with Crippen molar-refractivity contribution in [2.45, 2.75) is 58.9 Å². The molecule has 2 saturated heterocycles. The molecule has 0 aromatic heterocycles. The Labute approximate surface area is 134 Å². The molecule has 0 aliphatic carbocycles. The smallest absolute Gasteiger partial charge is 0.240 e. The fourth-order valence-electron chi connectivity index (χ4n) is 3.27. The highest BCUT2D eigenvalue weighted by Gasteiger charge is 2.33. The van der Waals surface area contributed by atoms with Crippen LogP contribution in [-0.2, 0) is 9.59 Å². The zero-order valence-electron chi connectivity index (χ0n) is 14.3. The van der Waals surface area contributed by atoms with Gasteiger partial charge in [0.1, 0.15) is 0 Å². The summed E-state index contributed by atoms with van der Waals surface area (Å²) in [5.41, 5.74) is 5.88. The second-order valence-electron chi connectivity index (χ2n) is 7.91. The first-order chi connectivity index (χ1) is 10.3. The molecule has 126 valence electrons. The van der Waals surface area contributed by atoms with Gasteiger partial charge in [-0.05, 0) is 37.0 Å². The maximum Gasteiger partial charge on any atom is 0.240 e. The summed E-state index contributed by atoms with van der Waals surface area (Å²) in [6, 6.07) is -0.437. The van der Waals surface area contributed by atoms with Gasteiger partial charge in [0.25, 0.3) is 0 Å². The monoisotopic (exact) mass is 309 g/mol. The van der Waals surface area contributed by atoms with Crippen LogP contribution in [0, 0.1) is 11.3 Å². The maximum atomic E-state index is 12.4. The third-order valence-electron chi connectivity index (χ3n) is 5.03. The van der Waals surface area contributed by atoms with E-state index >= 15 is 0 Å². The van der Waals surface area contributed by atoms with Gasteiger partial charge in [0, 0.05) is 32.6 Å². The number of carbonyl (C=O) groups excluding carboxylic acids is 2. The van der Waals surface area contributed by atoms with Gasteiger partial charge in [0.2, 0.25) is 11.8 Å². The fraction of sp³-hybridized carbons (Fsp3) is 0.882. The number of carbonyl (C=O) groups is 2. The number of nitrogens with zero attached hydrogens (tertiary/aromatic N) is 2. The van der Waals surface area contributed by atoms with Crippen LogP contribution in [0.3, 0.4) is 0 Å². The molecule has 5 nitrogen and oxygen atoms in total. The highest BCUT2D eigenvalue weighted by Crippen LogP contribution is 2.24. The first-order valence-electron chi connectivity index (χ1n) is 8.61. The zero-order chi connectivity index (χ0) is 16.3. The van der Waals surface area contributed by atoms with E-state index in [1.165, 1.54) is 0 Å². The van der Waals surface area contributed by atoms with Crippen LogP contribution in [0.25, 0.3) is 0 Å². The molecule has 2 rings (SSSR count). The Balaban J connectivity index is 1.80. The average Bonchev–Trinajstić information content (AvgIpc) is 2.48. The molecular formula is C17H31N3O2. The summed E-state index contributed by atoms with van der Waals surface area (Å²) in [6.07, 6.45) is 4.83. The molecule has 2 fully saturated rings. The lowest BCUT2D eigenvalue weighted by Crippen LogP contribution is -2.53. The van der Waals surface area contributed by atoms with E-state index in [4.69, 9.17) is 5.73 Å². The van der Waals surface area contributed by atoms with Crippen molar-refractivity contribution >= 4 is 11.8 Å². The molecule has 2 aliphatic heterocycles. The SMILES string of the molecule is CC(C)(C)[C@H](N)C(=O)N1CCC(CN2CCCCC2=O)CC1. The Kier molecular flexibility index (Phi) is 5.48. The lowest BCUT2D eigenvalue weighted by Gasteiger charge is -2.38. The largest absolute Gasteiger partial charge is 0.342 e. The molecular weight excluding hydrogens is 278 g/mol. The first kappa shape index (κ1) is 17.3. The third kappa shape index (κ3) is 4.22. The Bertz CT molecular complexity index is 409. The van der Waals surface area contributed by atoms with Crippen molar-refractivity contribution in [3.8, 4) is 0 Å². The van der Waals surface area contributed by atoms with E-state index < -0.39 is 6.04 Å². The lowest BCUT2D eigenvalue weighted by molar-refractivity contribution is -0.138. The van der Waals surface area contributed by atoms with Gasteiger partial charge in [0.05, 0.1) is 6.04 Å². The molecule has 0 unspecified atom stereocenters. The molecule has 2 N–H and O–H groups in total. The minimum absolute atomic E-state index is 0.0694. The lowest BCUT2D eigenvalue weighted by atomic mass is 9.85. The molecule has 0 aromatic rings. The van der Waals surface area contributed by atoms with Crippen LogP contribution in [0.2, 0.25) is 0 Å². The van der Waals surface area contributed by atoms with Crippen LogP contribution in [0.1, 0.15) is 52.9 Å². The normalized spacial score (nSPS) is 22.8. The second-order valence-corrected chi connectivity index (χ2v) is 7.91. The number of rotatable bonds is 3. The predicted molar refractivity (Wildman–Crippen MR) is 87.2 cm³/mol. The highest BCUT2D eigenvalue weighted by molar-refractivity contribution is 5.82. The van der Waals surface area contributed by atoms with E-state index in [9.17, 15) is 9.59 Å². The Morgan fingerprint density at radius 2 is 1.86 bits per heavy atom. The molecule has 2 amide bonds. The first-order valence-corrected chi connectivity index (χ1v) is 8.61. The van der Waals surface area contributed by atoms with E-state index in [0.29, 0.717) is 18.2 Å². The molecule has 2 heterocycles. The van der Waals surface area contributed by atoms with Crippen molar-refractivity contribution in [1.29, 1.82) is 0 Å². The van der Waals surface area contributed by atoms with Gasteiger partial charge in [-0.3, -0.25) is 9.59 Å². The van der Waals surface area contributed by atoms with E-state index in [1.807, 2.05) is 30.6 Å². The molecule has 22 heavy (non-hydrogen) atoms. The zero-order valence-corrected chi connectivity index (χ0v) is 14.3. The van der Waals surface area contributed by atoms with Crippen molar-refractivity contribution < 1.29 is 9.59 Å². The van der Waals surface area contributed by atoms with Crippen molar-refractivity contribution in [3.63, 3.8) is 0 Å². The summed E-state index contributed by atoms with van der Waals surface area (Å²) in [5.74, 6) is 0.900. The Morgan fingerprint density at radius 3 is 2.41 bits per heavy atom. The highest BCUT2D eigenvalue weighted by atomic mass is 16.2. The molecule has 0 aromatic carbocycles. The van der Waals surface area contributed by atoms with Gasteiger partial charge < -0.3 is 15.5 Å². The van der Waals surface area contributed by atoms with Gasteiger partial charge in [-0.25, -0.2) is 0 Å². The van der Waals surface area contributed by atoms with Gasteiger partial charge in [-0.2, -0.15) is 0 Å². The van der Waals surface area contributed by atoms with Gasteiger partial charge in [0.15, 0.2) is 0 Å². The van der Waals surface area contributed by atoms with Crippen LogP contribution in [0.5, 0.6) is 0 Å². The summed E-state index contributed by atoms with van der Waals surface area (Å²) >= 11 is 0. The maximum absolute atomic E-state index is 12.4. The second kappa shape index (κ2) is 6.99. The van der Waals surface area contributed by atoms with E-state index in [2.05, 4.69) is 0 Å². The predicted octanol–water partition coefficient (Wildman–Crippen LogP) is 1.61. The minimum Gasteiger partial charge on any atom is -0.342 e. The fourth-order valence-corrected chi connectivity index (χ4v) is 3.27. The van der Waals surface area contributed by atoms with Crippen molar-refractivity contribution in [3.05, 3.63) is 0 Å². The standard InChI is InChI=1S/C17H31N3O2/c1-17(2,3)15(18)16(22)19-10-7-13(8-11-19)12-20-9-5-4-6-14(20)21/h13,15H,4-12,18H2,1-3H3/t15-/m1/s1. The van der Waals surface area contributed by atoms with Crippen LogP contribution in [-0.4, -0.2) is 53.8 Å². The van der Waals surface area contributed by atoms with Gasteiger partial charge in [-0.1, -0.05) is 20.8 Å². The summed E-state index contributed by atoms with van der Waals surface area (Å²) in [4.78, 5) is 28.2. The third-order valence-corrected chi connectivity index (χ3v) is 5.03. The quantitative estimate of drug-likeness (QED) is 0.861. The van der Waals surface area contributed by atoms with E-state index in [1.54, 1.807) is 0 Å². The Morgan fingerprint density at radius 1 is 1.23 bits per heavy atom. The number of likely N-dealkylation sites (tertiary alicyclic amines) is 2. The van der Waals surface area contributed by atoms with Crippen LogP contribution in [0.4, 0.5) is 0 Å². The summed E-state index contributed by atoms with van der Waals surface area (Å²) in [7, 11) is 0. The molecule has 5 heteroatoms. The molecule has 0 radical (unpaired) electrons. The summed E-state index contributed by atoms with van der Waals surface area (Å²) in [5, 5.41) is 0. The van der Waals surface area contributed by atoms with Crippen LogP contribution < -0.4 is 5.73 Å². The molecule has 0 spiro atoms. The average molecular weight is 309 g/mol. The van der Waals surface area contributed by atoms with Crippen molar-refractivity contribution in [2.24, 2.45) is 17.1 Å². The minimum atomic E-state index is -0.437. The molecule has 2 aliphatic rings. The molecule has 0 saturated carbocycles. The number of hydrogen-bond donors (Lipinski definition) is 1. The number of hydrogen-bond acceptors (Lipinski definition) is 3. The summed E-state index contributed by atoms with van der Waals surface area (Å²) < 4.78 is 0. The van der Waals surface area contributed by atoms with Crippen molar-refractivity contribution in [2.75, 3.05) is 26.2 Å². The Hall–Kier alpha value is -1.10. The van der Waals surface area contributed by atoms with Crippen molar-refractivity contribution in [1.82, 2.24) is 9.80 Å². The topological polar surface area (TPSA) is 66.6 Å². The number of amides is 2. The molecule has 0 bridgehead atoms. The van der Waals surface area contributed by atoms with E-state index in [-0.39, 0.29) is 11.3 Å². The van der Waals surface area contributed by atoms with Gasteiger partial charge >= 0.3 is 0 Å². The molecule has 1 atom stereocenters.